The molecule has 0 saturated heterocycles. The van der Waals surface area contributed by atoms with E-state index >= 15 is 0 Å². The third kappa shape index (κ3) is 4.42. The number of hydrogen-bond donors (Lipinski definition) is 2. The van der Waals surface area contributed by atoms with Gasteiger partial charge in [0.25, 0.3) is 6.43 Å². The first-order valence-corrected chi connectivity index (χ1v) is 10.7. The van der Waals surface area contributed by atoms with Crippen molar-refractivity contribution in [1.82, 2.24) is 10.2 Å². The van der Waals surface area contributed by atoms with Crippen LogP contribution in [0.25, 0.3) is 16.5 Å². The maximum atomic E-state index is 14.6. The number of anilines is 1. The molecule has 0 radical (unpaired) electrons. The second-order valence-electron chi connectivity index (χ2n) is 8.71. The molecule has 1 heterocycles. The Morgan fingerprint density at radius 1 is 1.21 bits per heavy atom. The molecule has 2 atom stereocenters. The van der Waals surface area contributed by atoms with E-state index in [4.69, 9.17) is 0 Å². The molecule has 1 unspecified atom stereocenters. The van der Waals surface area contributed by atoms with Gasteiger partial charge in [0.15, 0.2) is 0 Å². The number of aromatic nitrogens is 2. The van der Waals surface area contributed by atoms with Gasteiger partial charge in [-0.25, -0.2) is 13.2 Å². The number of halogens is 3. The van der Waals surface area contributed by atoms with E-state index in [9.17, 15) is 23.1 Å². The van der Waals surface area contributed by atoms with Crippen LogP contribution >= 0.6 is 0 Å². The van der Waals surface area contributed by atoms with E-state index in [0.717, 1.165) is 22.6 Å². The Morgan fingerprint density at radius 3 is 2.64 bits per heavy atom. The predicted octanol–water partition coefficient (Wildman–Crippen LogP) is 6.54. The highest BCUT2D eigenvalue weighted by Crippen LogP contribution is 2.39. The number of hydrogen-bond acceptors (Lipinski definition) is 4. The molecule has 1 aliphatic carbocycles. The van der Waals surface area contributed by atoms with Crippen molar-refractivity contribution in [1.29, 1.82) is 0 Å². The van der Waals surface area contributed by atoms with Crippen LogP contribution in [0.3, 0.4) is 0 Å². The van der Waals surface area contributed by atoms with Gasteiger partial charge in [-0.1, -0.05) is 30.3 Å². The largest absolute Gasteiger partial charge is 0.481 e. The van der Waals surface area contributed by atoms with Gasteiger partial charge in [-0.3, -0.25) is 4.79 Å². The lowest BCUT2D eigenvalue weighted by Crippen LogP contribution is -2.28. The minimum atomic E-state index is -2.89. The van der Waals surface area contributed by atoms with Gasteiger partial charge < -0.3 is 10.4 Å². The Balaban J connectivity index is 1.65. The number of benzene rings is 2. The van der Waals surface area contributed by atoms with Gasteiger partial charge in [0.05, 0.1) is 34.4 Å². The number of carbonyl (C=O) groups is 1. The summed E-state index contributed by atoms with van der Waals surface area (Å²) in [5.74, 6) is -1.72. The highest BCUT2D eigenvalue weighted by molar-refractivity contribution is 5.93. The lowest BCUT2D eigenvalue weighted by atomic mass is 9.75. The summed E-state index contributed by atoms with van der Waals surface area (Å²) in [6.45, 7) is 3.45. The summed E-state index contributed by atoms with van der Waals surface area (Å²) >= 11 is 0. The Hall–Kier alpha value is -3.42. The monoisotopic (exact) mass is 455 g/mol. The van der Waals surface area contributed by atoms with Crippen LogP contribution in [0, 0.1) is 11.2 Å². The molecule has 0 bridgehead atoms. The first-order valence-electron chi connectivity index (χ1n) is 10.7. The fourth-order valence-electron chi connectivity index (χ4n) is 4.17. The van der Waals surface area contributed by atoms with Crippen LogP contribution in [0.4, 0.5) is 18.9 Å². The molecule has 5 nitrogen and oxygen atoms in total. The molecular weight excluding hydrogens is 431 g/mol. The van der Waals surface area contributed by atoms with E-state index in [0.29, 0.717) is 30.5 Å². The van der Waals surface area contributed by atoms with Gasteiger partial charge in [0, 0.05) is 10.9 Å². The summed E-state index contributed by atoms with van der Waals surface area (Å²) in [7, 11) is 0. The fourth-order valence-corrected chi connectivity index (χ4v) is 4.17. The Kier molecular flexibility index (Phi) is 6.10. The van der Waals surface area contributed by atoms with Crippen LogP contribution in [-0.4, -0.2) is 21.3 Å². The molecular formula is C25H24F3N3O2. The number of carboxylic acids is 1. The van der Waals surface area contributed by atoms with Crippen molar-refractivity contribution in [3.8, 4) is 0 Å². The predicted molar refractivity (Wildman–Crippen MR) is 121 cm³/mol. The molecule has 0 amide bonds. The van der Waals surface area contributed by atoms with E-state index in [2.05, 4.69) is 15.5 Å². The standard InChI is InChI=1S/C25H24F3N3O2/c1-14(17-4-3-5-18(22(17)26)23(27)28)30-21-13-29-31-20-7-6-16(12-19(20)21)15-8-10-25(2,11-9-15)24(32)33/h3-8,12-14,23H,9-11H2,1-2H3,(H,30,31)(H,32,33)/t14-,25?/m1/s1. The molecule has 1 aromatic heterocycles. The summed E-state index contributed by atoms with van der Waals surface area (Å²) in [5.41, 5.74) is 1.99. The normalized spacial score (nSPS) is 19.4. The van der Waals surface area contributed by atoms with Crippen molar-refractivity contribution in [2.24, 2.45) is 5.41 Å². The maximum absolute atomic E-state index is 14.6. The number of alkyl halides is 2. The minimum absolute atomic E-state index is 0.136. The van der Waals surface area contributed by atoms with Gasteiger partial charge in [0.2, 0.25) is 0 Å². The van der Waals surface area contributed by atoms with E-state index in [1.54, 1.807) is 13.8 Å². The zero-order valence-electron chi connectivity index (χ0n) is 18.3. The van der Waals surface area contributed by atoms with Gasteiger partial charge in [-0.2, -0.15) is 10.2 Å². The van der Waals surface area contributed by atoms with Gasteiger partial charge >= 0.3 is 5.97 Å². The lowest BCUT2D eigenvalue weighted by molar-refractivity contribution is -0.148. The second-order valence-corrected chi connectivity index (χ2v) is 8.71. The third-order valence-electron chi connectivity index (χ3n) is 6.40. The van der Waals surface area contributed by atoms with Crippen LogP contribution in [0.1, 0.15) is 62.3 Å². The van der Waals surface area contributed by atoms with E-state index in [1.807, 2.05) is 24.3 Å². The molecule has 2 N–H and O–H groups in total. The topological polar surface area (TPSA) is 75.1 Å². The van der Waals surface area contributed by atoms with Crippen LogP contribution in [0.5, 0.6) is 0 Å². The zero-order valence-corrected chi connectivity index (χ0v) is 18.3. The van der Waals surface area contributed by atoms with Crippen LogP contribution in [0.2, 0.25) is 0 Å². The summed E-state index contributed by atoms with van der Waals surface area (Å²) in [6.07, 6.45) is 2.23. The van der Waals surface area contributed by atoms with Crippen LogP contribution in [-0.2, 0) is 4.79 Å². The smallest absolute Gasteiger partial charge is 0.309 e. The van der Waals surface area contributed by atoms with Crippen LogP contribution in [0.15, 0.2) is 48.7 Å². The molecule has 3 aromatic rings. The summed E-state index contributed by atoms with van der Waals surface area (Å²) in [6, 6.07) is 9.08. The zero-order chi connectivity index (χ0) is 23.8. The molecule has 0 fully saturated rings. The summed E-state index contributed by atoms with van der Waals surface area (Å²) < 4.78 is 40.8. The molecule has 8 heteroatoms. The number of carboxylic acid groups (broad SMARTS) is 1. The van der Waals surface area contributed by atoms with E-state index in [-0.39, 0.29) is 5.56 Å². The first kappa shape index (κ1) is 22.8. The Labute approximate surface area is 189 Å². The highest BCUT2D eigenvalue weighted by Gasteiger charge is 2.34. The quantitative estimate of drug-likeness (QED) is 0.442. The van der Waals surface area contributed by atoms with Crippen LogP contribution < -0.4 is 5.32 Å². The molecule has 2 aromatic carbocycles. The molecule has 4 rings (SSSR count). The fraction of sp³-hybridized carbons (Fsp3) is 0.320. The second kappa shape index (κ2) is 8.84. The van der Waals surface area contributed by atoms with Gasteiger partial charge in [-0.05, 0) is 56.4 Å². The average molecular weight is 455 g/mol. The third-order valence-corrected chi connectivity index (χ3v) is 6.40. The van der Waals surface area contributed by atoms with E-state index < -0.39 is 35.2 Å². The maximum Gasteiger partial charge on any atom is 0.309 e. The summed E-state index contributed by atoms with van der Waals surface area (Å²) in [5, 5.41) is 21.5. The van der Waals surface area contributed by atoms with Gasteiger partial charge in [-0.15, -0.1) is 0 Å². The molecule has 0 spiro atoms. The molecule has 0 saturated carbocycles. The van der Waals surface area contributed by atoms with Crippen molar-refractivity contribution in [3.05, 3.63) is 71.2 Å². The molecule has 0 aliphatic heterocycles. The van der Waals surface area contributed by atoms with E-state index in [1.165, 1.54) is 18.3 Å². The van der Waals surface area contributed by atoms with Crippen molar-refractivity contribution >= 4 is 28.1 Å². The molecule has 33 heavy (non-hydrogen) atoms. The van der Waals surface area contributed by atoms with Crippen molar-refractivity contribution < 1.29 is 23.1 Å². The minimum Gasteiger partial charge on any atom is -0.481 e. The van der Waals surface area contributed by atoms with Gasteiger partial charge in [0.1, 0.15) is 5.82 Å². The number of allylic oxidation sites excluding steroid dienone is 2. The van der Waals surface area contributed by atoms with Crippen molar-refractivity contribution in [2.75, 3.05) is 5.32 Å². The number of nitrogens with zero attached hydrogens (tertiary/aromatic N) is 2. The highest BCUT2D eigenvalue weighted by atomic mass is 19.3. The molecule has 1 aliphatic rings. The SMILES string of the molecule is C[C@@H](Nc1cnnc2ccc(C3=CCC(C)(C(=O)O)CC3)cc12)c1cccc(C(F)F)c1F. The number of fused-ring (bicyclic) bond motifs is 1. The summed E-state index contributed by atoms with van der Waals surface area (Å²) in [4.78, 5) is 11.5. The first-order chi connectivity index (χ1) is 15.7. The number of aliphatic carboxylic acids is 1. The average Bonchev–Trinajstić information content (AvgIpc) is 2.79. The Bertz CT molecular complexity index is 1240. The van der Waals surface area contributed by atoms with Crippen molar-refractivity contribution in [3.63, 3.8) is 0 Å². The molecule has 172 valence electrons. The van der Waals surface area contributed by atoms with Crippen molar-refractivity contribution in [2.45, 2.75) is 45.6 Å². The number of rotatable bonds is 6. The Morgan fingerprint density at radius 2 is 1.97 bits per heavy atom. The lowest BCUT2D eigenvalue weighted by Gasteiger charge is -2.28. The number of nitrogens with one attached hydrogen (secondary N) is 1.